The molecule has 1 heterocycles. The third-order valence-electron chi connectivity index (χ3n) is 5.32. The van der Waals surface area contributed by atoms with Crippen molar-refractivity contribution >= 4 is 0 Å². The van der Waals surface area contributed by atoms with Gasteiger partial charge in [0.1, 0.15) is 6.10 Å². The molecule has 2 aliphatic carbocycles. The molecule has 4 rings (SSSR count). The standard InChI is InChI=1S/C17H20O2/c1-3-10-7-12-9-13(10)17-14(12)8-11-5-4-6-15(18-2)16(11)19-17/h3-6,12-14,17H,7-9H2,1-2H3. The molecule has 2 bridgehead atoms. The van der Waals surface area contributed by atoms with Crippen LogP contribution in [0.4, 0.5) is 0 Å². The summed E-state index contributed by atoms with van der Waals surface area (Å²) >= 11 is 0. The second-order valence-corrected chi connectivity index (χ2v) is 6.07. The maximum Gasteiger partial charge on any atom is 0.164 e. The molecule has 4 unspecified atom stereocenters. The predicted molar refractivity (Wildman–Crippen MR) is 74.6 cm³/mol. The molecule has 2 heteroatoms. The average molecular weight is 256 g/mol. The summed E-state index contributed by atoms with van der Waals surface area (Å²) in [6.07, 6.45) is 6.47. The van der Waals surface area contributed by atoms with Crippen LogP contribution in [-0.4, -0.2) is 13.2 Å². The Balaban J connectivity index is 1.73. The van der Waals surface area contributed by atoms with E-state index in [-0.39, 0.29) is 0 Å². The third-order valence-corrected chi connectivity index (χ3v) is 5.32. The minimum absolute atomic E-state index is 0.383. The minimum atomic E-state index is 0.383. The summed E-state index contributed by atoms with van der Waals surface area (Å²) in [5, 5.41) is 0. The normalized spacial score (nSPS) is 36.8. The molecule has 1 aromatic rings. The van der Waals surface area contributed by atoms with Crippen LogP contribution in [0, 0.1) is 17.8 Å². The van der Waals surface area contributed by atoms with Crippen LogP contribution < -0.4 is 9.47 Å². The van der Waals surface area contributed by atoms with Gasteiger partial charge in [-0.15, -0.1) is 0 Å². The van der Waals surface area contributed by atoms with Crippen LogP contribution in [0.5, 0.6) is 11.5 Å². The molecular weight excluding hydrogens is 236 g/mol. The van der Waals surface area contributed by atoms with Crippen molar-refractivity contribution in [1.29, 1.82) is 0 Å². The van der Waals surface area contributed by atoms with Crippen molar-refractivity contribution in [3.05, 3.63) is 35.4 Å². The Morgan fingerprint density at radius 1 is 1.32 bits per heavy atom. The lowest BCUT2D eigenvalue weighted by molar-refractivity contribution is 0.0810. The molecule has 1 aromatic carbocycles. The molecule has 2 fully saturated rings. The second kappa shape index (κ2) is 4.03. The number of ether oxygens (including phenoxy) is 2. The maximum atomic E-state index is 6.38. The molecule has 19 heavy (non-hydrogen) atoms. The Bertz CT molecular complexity index is 546. The molecule has 0 aromatic heterocycles. The fourth-order valence-corrected chi connectivity index (χ4v) is 4.44. The van der Waals surface area contributed by atoms with Crippen LogP contribution in [-0.2, 0) is 6.42 Å². The number of benzene rings is 1. The number of rotatable bonds is 1. The van der Waals surface area contributed by atoms with Crippen LogP contribution in [0.15, 0.2) is 29.8 Å². The largest absolute Gasteiger partial charge is 0.493 e. The van der Waals surface area contributed by atoms with Gasteiger partial charge in [-0.2, -0.15) is 0 Å². The summed E-state index contributed by atoms with van der Waals surface area (Å²) in [6, 6.07) is 6.27. The van der Waals surface area contributed by atoms with Crippen molar-refractivity contribution in [3.63, 3.8) is 0 Å². The number of hydrogen-bond acceptors (Lipinski definition) is 2. The number of hydrogen-bond donors (Lipinski definition) is 0. The van der Waals surface area contributed by atoms with Gasteiger partial charge in [-0.1, -0.05) is 23.8 Å². The number of allylic oxidation sites excluding steroid dienone is 1. The molecule has 4 atom stereocenters. The molecule has 100 valence electrons. The Morgan fingerprint density at radius 3 is 3.00 bits per heavy atom. The summed E-state index contributed by atoms with van der Waals surface area (Å²) in [7, 11) is 1.73. The van der Waals surface area contributed by atoms with Crippen molar-refractivity contribution < 1.29 is 9.47 Å². The van der Waals surface area contributed by atoms with Crippen molar-refractivity contribution in [1.82, 2.24) is 0 Å². The van der Waals surface area contributed by atoms with E-state index in [0.29, 0.717) is 17.9 Å². The van der Waals surface area contributed by atoms with Gasteiger partial charge >= 0.3 is 0 Å². The van der Waals surface area contributed by atoms with Gasteiger partial charge in [0.25, 0.3) is 0 Å². The Labute approximate surface area is 114 Å². The summed E-state index contributed by atoms with van der Waals surface area (Å²) in [5.41, 5.74) is 2.94. The number of methoxy groups -OCH3 is 1. The molecule has 3 aliphatic rings. The lowest BCUT2D eigenvalue weighted by Crippen LogP contribution is -2.38. The highest BCUT2D eigenvalue weighted by molar-refractivity contribution is 5.49. The molecular formula is C17H20O2. The second-order valence-electron chi connectivity index (χ2n) is 6.07. The van der Waals surface area contributed by atoms with Crippen molar-refractivity contribution in [3.8, 4) is 11.5 Å². The smallest absolute Gasteiger partial charge is 0.164 e. The SMILES string of the molecule is CC=C1CC2CC1C1Oc3c(cccc3OC)CC21. The molecule has 2 saturated carbocycles. The summed E-state index contributed by atoms with van der Waals surface area (Å²) in [4.78, 5) is 0. The van der Waals surface area contributed by atoms with E-state index in [2.05, 4.69) is 25.1 Å². The van der Waals surface area contributed by atoms with Crippen molar-refractivity contribution in [2.45, 2.75) is 32.3 Å². The minimum Gasteiger partial charge on any atom is -0.493 e. The first-order valence-electron chi connectivity index (χ1n) is 7.29. The van der Waals surface area contributed by atoms with Gasteiger partial charge in [0.05, 0.1) is 7.11 Å². The highest BCUT2D eigenvalue weighted by Gasteiger charge is 2.53. The van der Waals surface area contributed by atoms with E-state index in [1.807, 2.05) is 6.07 Å². The van der Waals surface area contributed by atoms with Crippen LogP contribution in [0.25, 0.3) is 0 Å². The van der Waals surface area contributed by atoms with Crippen LogP contribution in [0.1, 0.15) is 25.3 Å². The van der Waals surface area contributed by atoms with Gasteiger partial charge in [-0.05, 0) is 43.7 Å². The van der Waals surface area contributed by atoms with Gasteiger partial charge in [0.15, 0.2) is 11.5 Å². The lowest BCUT2D eigenvalue weighted by atomic mass is 9.78. The number of fused-ring (bicyclic) bond motifs is 6. The average Bonchev–Trinajstić information content (AvgIpc) is 3.02. The topological polar surface area (TPSA) is 18.5 Å². The summed E-state index contributed by atoms with van der Waals surface area (Å²) < 4.78 is 11.8. The molecule has 1 aliphatic heterocycles. The Morgan fingerprint density at radius 2 is 2.21 bits per heavy atom. The van der Waals surface area contributed by atoms with Crippen molar-refractivity contribution in [2.75, 3.05) is 7.11 Å². The number of para-hydroxylation sites is 1. The van der Waals surface area contributed by atoms with Gasteiger partial charge in [0, 0.05) is 11.8 Å². The third kappa shape index (κ3) is 1.49. The van der Waals surface area contributed by atoms with Crippen LogP contribution in [0.2, 0.25) is 0 Å². The fourth-order valence-electron chi connectivity index (χ4n) is 4.44. The molecule has 0 spiro atoms. The van der Waals surface area contributed by atoms with E-state index in [1.54, 1.807) is 12.7 Å². The molecule has 2 nitrogen and oxygen atoms in total. The van der Waals surface area contributed by atoms with E-state index in [9.17, 15) is 0 Å². The van der Waals surface area contributed by atoms with Crippen molar-refractivity contribution in [2.24, 2.45) is 17.8 Å². The Kier molecular flexibility index (Phi) is 2.41. The van der Waals surface area contributed by atoms with E-state index in [0.717, 1.165) is 23.8 Å². The highest BCUT2D eigenvalue weighted by Crippen LogP contribution is 2.56. The maximum absolute atomic E-state index is 6.38. The first-order valence-corrected chi connectivity index (χ1v) is 7.29. The zero-order valence-corrected chi connectivity index (χ0v) is 11.6. The zero-order valence-electron chi connectivity index (χ0n) is 11.6. The molecule has 0 N–H and O–H groups in total. The van der Waals surface area contributed by atoms with E-state index >= 15 is 0 Å². The predicted octanol–water partition coefficient (Wildman–Crippen LogP) is 3.60. The summed E-state index contributed by atoms with van der Waals surface area (Å²) in [6.45, 7) is 2.17. The molecule has 0 radical (unpaired) electrons. The van der Waals surface area contributed by atoms with Gasteiger partial charge < -0.3 is 9.47 Å². The fraction of sp³-hybridized carbons (Fsp3) is 0.529. The first kappa shape index (κ1) is 11.4. The lowest BCUT2D eigenvalue weighted by Gasteiger charge is -2.38. The highest BCUT2D eigenvalue weighted by atomic mass is 16.5. The van der Waals surface area contributed by atoms with Gasteiger partial charge in [0.2, 0.25) is 0 Å². The molecule has 0 saturated heterocycles. The molecule has 0 amide bonds. The van der Waals surface area contributed by atoms with Gasteiger partial charge in [-0.25, -0.2) is 0 Å². The van der Waals surface area contributed by atoms with E-state index in [4.69, 9.17) is 9.47 Å². The first-order chi connectivity index (χ1) is 9.31. The van der Waals surface area contributed by atoms with E-state index in [1.165, 1.54) is 18.4 Å². The van der Waals surface area contributed by atoms with E-state index < -0.39 is 0 Å². The van der Waals surface area contributed by atoms with Gasteiger partial charge in [-0.3, -0.25) is 0 Å². The summed E-state index contributed by atoms with van der Waals surface area (Å²) in [5.74, 6) is 4.09. The van der Waals surface area contributed by atoms with Crippen LogP contribution >= 0.6 is 0 Å². The zero-order chi connectivity index (χ0) is 13.0. The van der Waals surface area contributed by atoms with Crippen LogP contribution in [0.3, 0.4) is 0 Å². The quantitative estimate of drug-likeness (QED) is 0.715. The Hall–Kier alpha value is -1.44. The monoisotopic (exact) mass is 256 g/mol.